The first-order valence-corrected chi connectivity index (χ1v) is 8.80. The van der Waals surface area contributed by atoms with Crippen LogP contribution in [0.1, 0.15) is 47.1 Å². The molecule has 0 atom stereocenters. The van der Waals surface area contributed by atoms with Gasteiger partial charge in [-0.3, -0.25) is 10.1 Å². The number of thiazole rings is 1. The van der Waals surface area contributed by atoms with Crippen LogP contribution in [-0.2, 0) is 0 Å². The smallest absolute Gasteiger partial charge is 0.269 e. The highest BCUT2D eigenvalue weighted by Crippen LogP contribution is 2.35. The lowest BCUT2D eigenvalue weighted by molar-refractivity contribution is 0.102. The Labute approximate surface area is 138 Å². The van der Waals surface area contributed by atoms with E-state index >= 15 is 0 Å². The molecule has 1 fully saturated rings. The topological polar surface area (TPSA) is 59.8 Å². The summed E-state index contributed by atoms with van der Waals surface area (Å²) in [6, 6.07) is 8.49. The van der Waals surface area contributed by atoms with E-state index in [0.29, 0.717) is 16.9 Å². The van der Waals surface area contributed by atoms with Gasteiger partial charge in [-0.25, -0.2) is 9.97 Å². The quantitative estimate of drug-likeness (QED) is 0.786. The van der Waals surface area contributed by atoms with Gasteiger partial charge in [-0.2, -0.15) is 0 Å². The Balaban J connectivity index is 1.75. The standard InChI is InChI=1S/C17H18N4OS/c1-11-15(23-10-18-11)16(22)20-17-19-13-8-4-5-9-14(13)21(17)12-6-2-3-7-12/h4-5,8-10,12H,2-3,6-7H2,1H3,(H,19,20,22). The molecule has 0 bridgehead atoms. The van der Waals surface area contributed by atoms with Gasteiger partial charge in [-0.15, -0.1) is 11.3 Å². The summed E-state index contributed by atoms with van der Waals surface area (Å²) in [6.07, 6.45) is 4.75. The first-order chi connectivity index (χ1) is 11.2. The SMILES string of the molecule is Cc1ncsc1C(=O)Nc1nc2ccccc2n1C1CCCC1. The van der Waals surface area contributed by atoms with Crippen molar-refractivity contribution in [2.75, 3.05) is 5.32 Å². The molecule has 0 aliphatic heterocycles. The highest BCUT2D eigenvalue weighted by atomic mass is 32.1. The zero-order chi connectivity index (χ0) is 15.8. The first kappa shape index (κ1) is 14.4. The van der Waals surface area contributed by atoms with Gasteiger partial charge in [0, 0.05) is 6.04 Å². The molecule has 0 unspecified atom stereocenters. The lowest BCUT2D eigenvalue weighted by atomic mass is 10.2. The van der Waals surface area contributed by atoms with E-state index in [-0.39, 0.29) is 5.91 Å². The van der Waals surface area contributed by atoms with Gasteiger partial charge in [0.15, 0.2) is 0 Å². The fraction of sp³-hybridized carbons (Fsp3) is 0.353. The number of para-hydroxylation sites is 2. The van der Waals surface area contributed by atoms with Gasteiger partial charge in [0.1, 0.15) is 4.88 Å². The number of carbonyl (C=O) groups excluding carboxylic acids is 1. The number of hydrogen-bond donors (Lipinski definition) is 1. The van der Waals surface area contributed by atoms with Crippen molar-refractivity contribution < 1.29 is 4.79 Å². The maximum absolute atomic E-state index is 12.5. The van der Waals surface area contributed by atoms with Crippen LogP contribution in [0.15, 0.2) is 29.8 Å². The molecule has 5 nitrogen and oxygen atoms in total. The zero-order valence-corrected chi connectivity index (χ0v) is 13.8. The number of rotatable bonds is 3. The first-order valence-electron chi connectivity index (χ1n) is 7.92. The van der Waals surface area contributed by atoms with Crippen LogP contribution < -0.4 is 5.32 Å². The number of benzene rings is 1. The molecule has 0 spiro atoms. The zero-order valence-electron chi connectivity index (χ0n) is 13.0. The number of nitrogens with zero attached hydrogens (tertiary/aromatic N) is 3. The molecule has 1 saturated carbocycles. The average Bonchev–Trinajstić information content (AvgIpc) is 3.25. The van der Waals surface area contributed by atoms with Gasteiger partial charge in [-0.1, -0.05) is 25.0 Å². The Morgan fingerprint density at radius 1 is 1.30 bits per heavy atom. The number of amides is 1. The molecule has 118 valence electrons. The second kappa shape index (κ2) is 5.77. The highest BCUT2D eigenvalue weighted by molar-refractivity contribution is 7.12. The summed E-state index contributed by atoms with van der Waals surface area (Å²) in [7, 11) is 0. The maximum atomic E-state index is 12.5. The van der Waals surface area contributed by atoms with Crippen LogP contribution in [-0.4, -0.2) is 20.4 Å². The van der Waals surface area contributed by atoms with E-state index in [0.717, 1.165) is 29.6 Å². The van der Waals surface area contributed by atoms with Crippen molar-refractivity contribution in [1.29, 1.82) is 0 Å². The monoisotopic (exact) mass is 326 g/mol. The lowest BCUT2D eigenvalue weighted by Crippen LogP contribution is -2.17. The number of carbonyl (C=O) groups is 1. The van der Waals surface area contributed by atoms with E-state index in [4.69, 9.17) is 0 Å². The van der Waals surface area contributed by atoms with E-state index < -0.39 is 0 Å². The number of hydrogen-bond acceptors (Lipinski definition) is 4. The Morgan fingerprint density at radius 2 is 2.09 bits per heavy atom. The van der Waals surface area contributed by atoms with E-state index in [9.17, 15) is 4.79 Å². The summed E-state index contributed by atoms with van der Waals surface area (Å²) < 4.78 is 2.20. The Bertz CT molecular complexity index is 860. The molecule has 1 amide bonds. The minimum Gasteiger partial charge on any atom is -0.307 e. The van der Waals surface area contributed by atoms with E-state index in [2.05, 4.69) is 25.9 Å². The largest absolute Gasteiger partial charge is 0.307 e. The molecule has 0 radical (unpaired) electrons. The predicted molar refractivity (Wildman–Crippen MR) is 92.0 cm³/mol. The number of fused-ring (bicyclic) bond motifs is 1. The molecule has 3 aromatic rings. The second-order valence-electron chi connectivity index (χ2n) is 5.95. The summed E-state index contributed by atoms with van der Waals surface area (Å²) in [4.78, 5) is 22.0. The van der Waals surface area contributed by atoms with Crippen LogP contribution >= 0.6 is 11.3 Å². The third kappa shape index (κ3) is 2.53. The normalized spacial score (nSPS) is 15.3. The average molecular weight is 326 g/mol. The molecule has 1 aliphatic carbocycles. The van der Waals surface area contributed by atoms with Crippen molar-refractivity contribution >= 4 is 34.2 Å². The van der Waals surface area contributed by atoms with Gasteiger partial charge in [0.05, 0.1) is 22.2 Å². The molecular weight excluding hydrogens is 308 g/mol. The minimum atomic E-state index is -0.125. The van der Waals surface area contributed by atoms with Gasteiger partial charge >= 0.3 is 0 Å². The molecule has 6 heteroatoms. The summed E-state index contributed by atoms with van der Waals surface area (Å²) in [6.45, 7) is 1.85. The van der Waals surface area contributed by atoms with Crippen LogP contribution in [0.5, 0.6) is 0 Å². The van der Waals surface area contributed by atoms with Crippen molar-refractivity contribution in [2.45, 2.75) is 38.6 Å². The number of imidazole rings is 1. The van der Waals surface area contributed by atoms with Crippen molar-refractivity contribution in [3.8, 4) is 0 Å². The Kier molecular flexibility index (Phi) is 3.61. The van der Waals surface area contributed by atoms with Crippen molar-refractivity contribution in [2.24, 2.45) is 0 Å². The molecule has 23 heavy (non-hydrogen) atoms. The van der Waals surface area contributed by atoms with Gasteiger partial charge < -0.3 is 4.57 Å². The maximum Gasteiger partial charge on any atom is 0.269 e. The fourth-order valence-electron chi connectivity index (χ4n) is 3.34. The van der Waals surface area contributed by atoms with Crippen LogP contribution in [0.4, 0.5) is 5.95 Å². The molecule has 2 heterocycles. The number of aryl methyl sites for hydroxylation is 1. The Hall–Kier alpha value is -2.21. The summed E-state index contributed by atoms with van der Waals surface area (Å²) >= 11 is 1.36. The summed E-state index contributed by atoms with van der Waals surface area (Å²) in [5, 5.41) is 3.00. The van der Waals surface area contributed by atoms with Crippen molar-refractivity contribution in [1.82, 2.24) is 14.5 Å². The van der Waals surface area contributed by atoms with Gasteiger partial charge in [0.2, 0.25) is 5.95 Å². The fourth-order valence-corrected chi connectivity index (χ4v) is 4.04. The molecule has 4 rings (SSSR count). The molecule has 0 saturated heterocycles. The van der Waals surface area contributed by atoms with Gasteiger partial charge in [0.25, 0.3) is 5.91 Å². The van der Waals surface area contributed by atoms with Crippen molar-refractivity contribution in [3.05, 3.63) is 40.3 Å². The third-order valence-corrected chi connectivity index (χ3v) is 5.39. The van der Waals surface area contributed by atoms with Gasteiger partial charge in [-0.05, 0) is 31.9 Å². The van der Waals surface area contributed by atoms with Crippen LogP contribution in [0.25, 0.3) is 11.0 Å². The third-order valence-electron chi connectivity index (χ3n) is 4.46. The van der Waals surface area contributed by atoms with Crippen LogP contribution in [0.3, 0.4) is 0 Å². The molecule has 2 aromatic heterocycles. The molecule has 1 N–H and O–H groups in total. The summed E-state index contributed by atoms with van der Waals surface area (Å²) in [5.74, 6) is 0.524. The predicted octanol–water partition coefficient (Wildman–Crippen LogP) is 4.17. The number of nitrogens with one attached hydrogen (secondary N) is 1. The van der Waals surface area contributed by atoms with E-state index in [1.54, 1.807) is 5.51 Å². The van der Waals surface area contributed by atoms with Crippen LogP contribution in [0, 0.1) is 6.92 Å². The minimum absolute atomic E-state index is 0.125. The molecule has 1 aliphatic rings. The number of aromatic nitrogens is 3. The molecular formula is C17H18N4OS. The van der Waals surface area contributed by atoms with E-state index in [1.807, 2.05) is 25.1 Å². The summed E-state index contributed by atoms with van der Waals surface area (Å²) in [5.41, 5.74) is 4.48. The van der Waals surface area contributed by atoms with Crippen LogP contribution in [0.2, 0.25) is 0 Å². The lowest BCUT2D eigenvalue weighted by Gasteiger charge is -2.16. The Morgan fingerprint density at radius 3 is 2.83 bits per heavy atom. The second-order valence-corrected chi connectivity index (χ2v) is 6.81. The highest BCUT2D eigenvalue weighted by Gasteiger charge is 2.24. The van der Waals surface area contributed by atoms with Crippen molar-refractivity contribution in [3.63, 3.8) is 0 Å². The number of anilines is 1. The molecule has 1 aromatic carbocycles. The van der Waals surface area contributed by atoms with E-state index in [1.165, 1.54) is 24.2 Å².